The summed E-state index contributed by atoms with van der Waals surface area (Å²) in [5.41, 5.74) is 5.36. The van der Waals surface area contributed by atoms with Crippen molar-refractivity contribution in [1.82, 2.24) is 5.32 Å². The molecule has 1 atom stereocenters. The third-order valence-corrected chi connectivity index (χ3v) is 1.81. The van der Waals surface area contributed by atoms with Gasteiger partial charge >= 0.3 is 0 Å². The zero-order valence-electron chi connectivity index (χ0n) is 8.99. The van der Waals surface area contributed by atoms with Crippen molar-refractivity contribution in [3.8, 4) is 0 Å². The van der Waals surface area contributed by atoms with Crippen LogP contribution >= 0.6 is 0 Å². The fourth-order valence-electron chi connectivity index (χ4n) is 1.09. The van der Waals surface area contributed by atoms with E-state index in [1.165, 1.54) is 0 Å². The van der Waals surface area contributed by atoms with Crippen molar-refractivity contribution in [3.63, 3.8) is 0 Å². The molecule has 0 saturated carbocycles. The van der Waals surface area contributed by atoms with E-state index in [0.29, 0.717) is 6.42 Å². The van der Waals surface area contributed by atoms with Crippen molar-refractivity contribution in [1.29, 1.82) is 0 Å². The average molecular weight is 203 g/mol. The van der Waals surface area contributed by atoms with Crippen LogP contribution in [0.15, 0.2) is 5.16 Å². The topological polar surface area (TPSA) is 79.9 Å². The molecule has 0 heterocycles. The van der Waals surface area contributed by atoms with E-state index < -0.39 is 0 Å². The van der Waals surface area contributed by atoms with Gasteiger partial charge in [-0.2, -0.15) is 0 Å². The van der Waals surface area contributed by atoms with Crippen molar-refractivity contribution in [3.05, 3.63) is 0 Å². The number of nitrogens with zero attached hydrogens (tertiary/aromatic N) is 1. The Morgan fingerprint density at radius 3 is 2.93 bits per heavy atom. The van der Waals surface area contributed by atoms with E-state index in [2.05, 4.69) is 10.5 Å². The smallest absolute Gasteiger partial charge is 0.140 e. The molecule has 1 unspecified atom stereocenters. The van der Waals surface area contributed by atoms with Gasteiger partial charge in [0.1, 0.15) is 5.84 Å². The molecule has 0 aliphatic carbocycles. The Morgan fingerprint density at radius 1 is 1.64 bits per heavy atom. The van der Waals surface area contributed by atoms with Crippen LogP contribution < -0.4 is 11.1 Å². The Morgan fingerprint density at radius 2 is 2.36 bits per heavy atom. The monoisotopic (exact) mass is 203 g/mol. The zero-order valence-corrected chi connectivity index (χ0v) is 8.99. The van der Waals surface area contributed by atoms with Crippen LogP contribution in [0.5, 0.6) is 0 Å². The van der Waals surface area contributed by atoms with E-state index in [0.717, 1.165) is 26.2 Å². The number of amidine groups is 1. The lowest BCUT2D eigenvalue weighted by Gasteiger charge is -2.12. The number of ether oxygens (including phenoxy) is 1. The maximum absolute atomic E-state index is 8.34. The quantitative estimate of drug-likeness (QED) is 0.177. The highest BCUT2D eigenvalue weighted by molar-refractivity contribution is 5.80. The van der Waals surface area contributed by atoms with Gasteiger partial charge in [-0.1, -0.05) is 5.16 Å². The summed E-state index contributed by atoms with van der Waals surface area (Å²) in [7, 11) is 0. The van der Waals surface area contributed by atoms with E-state index >= 15 is 0 Å². The van der Waals surface area contributed by atoms with Crippen LogP contribution in [-0.2, 0) is 4.74 Å². The summed E-state index contributed by atoms with van der Waals surface area (Å²) in [5.74, 6) is 0.259. The van der Waals surface area contributed by atoms with Crippen LogP contribution in [0.3, 0.4) is 0 Å². The Kier molecular flexibility index (Phi) is 8.27. The Bertz CT molecular complexity index is 162. The molecule has 14 heavy (non-hydrogen) atoms. The summed E-state index contributed by atoms with van der Waals surface area (Å²) in [5, 5.41) is 14.5. The van der Waals surface area contributed by atoms with E-state index in [1.54, 1.807) is 0 Å². The molecule has 5 heteroatoms. The summed E-state index contributed by atoms with van der Waals surface area (Å²) in [6, 6.07) is 0.229. The molecule has 0 aromatic carbocycles. The molecule has 0 aliphatic rings. The van der Waals surface area contributed by atoms with Gasteiger partial charge in [-0.05, 0) is 26.8 Å². The van der Waals surface area contributed by atoms with Gasteiger partial charge in [-0.25, -0.2) is 0 Å². The van der Waals surface area contributed by atoms with Crippen LogP contribution in [0.25, 0.3) is 0 Å². The van der Waals surface area contributed by atoms with E-state index in [4.69, 9.17) is 15.7 Å². The zero-order chi connectivity index (χ0) is 10.8. The maximum atomic E-state index is 8.34. The first-order chi connectivity index (χ1) is 6.70. The number of oxime groups is 1. The summed E-state index contributed by atoms with van der Waals surface area (Å²) >= 11 is 0. The molecule has 0 aromatic heterocycles. The fourth-order valence-corrected chi connectivity index (χ4v) is 1.09. The molecular formula is C9H21N3O2. The molecule has 0 bridgehead atoms. The molecule has 0 aliphatic heterocycles. The highest BCUT2D eigenvalue weighted by atomic mass is 16.5. The minimum Gasteiger partial charge on any atom is -0.409 e. The van der Waals surface area contributed by atoms with Gasteiger partial charge in [-0.15, -0.1) is 0 Å². The normalized spacial score (nSPS) is 14.3. The van der Waals surface area contributed by atoms with Gasteiger partial charge in [0.25, 0.3) is 0 Å². The second kappa shape index (κ2) is 8.77. The predicted molar refractivity (Wildman–Crippen MR) is 56.6 cm³/mol. The number of nitrogens with one attached hydrogen (secondary N) is 1. The van der Waals surface area contributed by atoms with E-state index in [1.807, 2.05) is 13.8 Å². The highest BCUT2D eigenvalue weighted by Crippen LogP contribution is 1.91. The number of hydrogen-bond acceptors (Lipinski definition) is 4. The second-order valence-corrected chi connectivity index (χ2v) is 3.20. The van der Waals surface area contributed by atoms with Gasteiger partial charge in [0, 0.05) is 25.7 Å². The lowest BCUT2D eigenvalue weighted by atomic mass is 10.2. The number of hydrogen-bond donors (Lipinski definition) is 3. The van der Waals surface area contributed by atoms with E-state index in [-0.39, 0.29) is 11.9 Å². The molecule has 0 fully saturated rings. The van der Waals surface area contributed by atoms with Crippen molar-refractivity contribution in [2.75, 3.05) is 19.8 Å². The third kappa shape index (κ3) is 7.82. The lowest BCUT2D eigenvalue weighted by Crippen LogP contribution is -2.32. The maximum Gasteiger partial charge on any atom is 0.140 e. The van der Waals surface area contributed by atoms with Crippen molar-refractivity contribution >= 4 is 5.84 Å². The van der Waals surface area contributed by atoms with Crippen LogP contribution in [0.2, 0.25) is 0 Å². The molecule has 5 nitrogen and oxygen atoms in total. The predicted octanol–water partition coefficient (Wildman–Crippen LogP) is 0.528. The minimum atomic E-state index is 0.229. The van der Waals surface area contributed by atoms with Gasteiger partial charge in [0.05, 0.1) is 0 Å². The Balaban J connectivity index is 3.31. The van der Waals surface area contributed by atoms with Crippen LogP contribution in [0.1, 0.15) is 26.7 Å². The molecular weight excluding hydrogens is 182 g/mol. The van der Waals surface area contributed by atoms with Gasteiger partial charge in [0.2, 0.25) is 0 Å². The summed E-state index contributed by atoms with van der Waals surface area (Å²) in [6.45, 7) is 6.41. The summed E-state index contributed by atoms with van der Waals surface area (Å²) in [6.07, 6.45) is 1.54. The van der Waals surface area contributed by atoms with Crippen molar-refractivity contribution in [2.24, 2.45) is 10.9 Å². The SMILES string of the molecule is CCOCCCNC(C)CC(N)=NO. The van der Waals surface area contributed by atoms with E-state index in [9.17, 15) is 0 Å². The van der Waals surface area contributed by atoms with Crippen LogP contribution in [-0.4, -0.2) is 36.8 Å². The number of nitrogens with two attached hydrogens (primary N) is 1. The first kappa shape index (κ1) is 13.2. The molecule has 0 aromatic rings. The molecule has 0 saturated heterocycles. The van der Waals surface area contributed by atoms with Crippen LogP contribution in [0.4, 0.5) is 0 Å². The Hall–Kier alpha value is -0.810. The van der Waals surface area contributed by atoms with Crippen molar-refractivity contribution < 1.29 is 9.94 Å². The molecule has 4 N–H and O–H groups in total. The molecule has 0 amide bonds. The molecule has 0 spiro atoms. The largest absolute Gasteiger partial charge is 0.409 e. The lowest BCUT2D eigenvalue weighted by molar-refractivity contribution is 0.144. The first-order valence-electron chi connectivity index (χ1n) is 4.98. The van der Waals surface area contributed by atoms with Crippen LogP contribution in [0, 0.1) is 0 Å². The molecule has 0 rings (SSSR count). The third-order valence-electron chi connectivity index (χ3n) is 1.81. The molecule has 84 valence electrons. The summed E-state index contributed by atoms with van der Waals surface area (Å²) in [4.78, 5) is 0. The molecule has 0 radical (unpaired) electrons. The highest BCUT2D eigenvalue weighted by Gasteiger charge is 2.03. The fraction of sp³-hybridized carbons (Fsp3) is 0.889. The van der Waals surface area contributed by atoms with Crippen molar-refractivity contribution in [2.45, 2.75) is 32.7 Å². The summed E-state index contributed by atoms with van der Waals surface area (Å²) < 4.78 is 5.19. The second-order valence-electron chi connectivity index (χ2n) is 3.20. The average Bonchev–Trinajstić information content (AvgIpc) is 2.17. The first-order valence-corrected chi connectivity index (χ1v) is 4.98. The van der Waals surface area contributed by atoms with Gasteiger partial charge < -0.3 is 21.0 Å². The minimum absolute atomic E-state index is 0.229. The number of rotatable bonds is 8. The van der Waals surface area contributed by atoms with Gasteiger partial charge in [-0.3, -0.25) is 0 Å². The standard InChI is InChI=1S/C9H21N3O2/c1-3-14-6-4-5-11-8(2)7-9(10)12-13/h8,11,13H,3-7H2,1-2H3,(H2,10,12). The van der Waals surface area contributed by atoms with Gasteiger partial charge in [0.15, 0.2) is 0 Å². The Labute approximate surface area is 85.3 Å².